The normalized spacial score (nSPS) is 35.0. The van der Waals surface area contributed by atoms with E-state index in [0.717, 1.165) is 0 Å². The topological polar surface area (TPSA) is 72.2 Å². The third-order valence-corrected chi connectivity index (χ3v) is 3.34. The monoisotopic (exact) mass is 248 g/mol. The molecule has 0 radical (unpaired) electrons. The van der Waals surface area contributed by atoms with Crippen molar-refractivity contribution in [3.8, 4) is 0 Å². The summed E-state index contributed by atoms with van der Waals surface area (Å²) in [6.45, 7) is 0. The summed E-state index contributed by atoms with van der Waals surface area (Å²) >= 11 is 0. The smallest absolute Gasteiger partial charge is 0.369 e. The SMILES string of the molecule is NC(=O)C1C(NC(=O)C(F)(F)F)[C@H]2C=C[C@@H]1C2. The molecule has 2 rings (SSSR count). The Morgan fingerprint density at radius 2 is 1.82 bits per heavy atom. The lowest BCUT2D eigenvalue weighted by molar-refractivity contribution is -0.175. The van der Waals surface area contributed by atoms with E-state index < -0.39 is 30.0 Å². The van der Waals surface area contributed by atoms with Crippen molar-refractivity contribution in [1.29, 1.82) is 0 Å². The summed E-state index contributed by atoms with van der Waals surface area (Å²) in [5.74, 6) is -3.82. The molecule has 2 aliphatic carbocycles. The number of halogens is 3. The molecule has 2 bridgehead atoms. The van der Waals surface area contributed by atoms with Crippen LogP contribution in [-0.2, 0) is 9.59 Å². The van der Waals surface area contributed by atoms with Gasteiger partial charge < -0.3 is 11.1 Å². The summed E-state index contributed by atoms with van der Waals surface area (Å²) in [5, 5.41) is 1.87. The first kappa shape index (κ1) is 11.9. The number of hydrogen-bond acceptors (Lipinski definition) is 2. The second-order valence-electron chi connectivity index (χ2n) is 4.37. The van der Waals surface area contributed by atoms with Crippen LogP contribution in [-0.4, -0.2) is 24.0 Å². The van der Waals surface area contributed by atoms with Crippen LogP contribution in [0.2, 0.25) is 0 Å². The fourth-order valence-corrected chi connectivity index (χ4v) is 2.64. The lowest BCUT2D eigenvalue weighted by Gasteiger charge is -2.26. The first-order valence-corrected chi connectivity index (χ1v) is 5.16. The predicted molar refractivity (Wildman–Crippen MR) is 51.4 cm³/mol. The van der Waals surface area contributed by atoms with Crippen LogP contribution >= 0.6 is 0 Å². The molecule has 3 N–H and O–H groups in total. The van der Waals surface area contributed by atoms with Crippen molar-refractivity contribution in [2.24, 2.45) is 23.5 Å². The van der Waals surface area contributed by atoms with Crippen LogP contribution in [0.4, 0.5) is 13.2 Å². The molecular weight excluding hydrogens is 237 g/mol. The highest BCUT2D eigenvalue weighted by Crippen LogP contribution is 2.43. The van der Waals surface area contributed by atoms with Gasteiger partial charge in [0.05, 0.1) is 5.92 Å². The van der Waals surface area contributed by atoms with Gasteiger partial charge in [-0.05, 0) is 18.3 Å². The average Bonchev–Trinajstić information content (AvgIpc) is 2.75. The number of carbonyl (C=O) groups is 2. The zero-order chi connectivity index (χ0) is 12.8. The van der Waals surface area contributed by atoms with Gasteiger partial charge in [-0.3, -0.25) is 9.59 Å². The molecule has 2 unspecified atom stereocenters. The number of allylic oxidation sites excluding steroid dienone is 1. The van der Waals surface area contributed by atoms with Gasteiger partial charge in [-0.25, -0.2) is 0 Å². The Morgan fingerprint density at radius 1 is 1.24 bits per heavy atom. The van der Waals surface area contributed by atoms with E-state index >= 15 is 0 Å². The van der Waals surface area contributed by atoms with E-state index in [1.807, 2.05) is 5.32 Å². The summed E-state index contributed by atoms with van der Waals surface area (Å²) in [7, 11) is 0. The predicted octanol–water partition coefficient (Wildman–Crippen LogP) is 0.341. The van der Waals surface area contributed by atoms with Gasteiger partial charge in [0.2, 0.25) is 5.91 Å². The van der Waals surface area contributed by atoms with Gasteiger partial charge in [-0.1, -0.05) is 12.2 Å². The minimum absolute atomic E-state index is 0.156. The van der Waals surface area contributed by atoms with Crippen LogP contribution in [0.25, 0.3) is 0 Å². The molecule has 1 saturated carbocycles. The number of fused-ring (bicyclic) bond motifs is 2. The maximum absolute atomic E-state index is 12.1. The number of hydrogen-bond donors (Lipinski definition) is 2. The van der Waals surface area contributed by atoms with Crippen molar-refractivity contribution in [3.05, 3.63) is 12.2 Å². The number of rotatable bonds is 2. The molecule has 1 fully saturated rings. The molecule has 17 heavy (non-hydrogen) atoms. The maximum atomic E-state index is 12.1. The molecule has 0 saturated heterocycles. The van der Waals surface area contributed by atoms with Gasteiger partial charge in [-0.15, -0.1) is 0 Å². The highest BCUT2D eigenvalue weighted by Gasteiger charge is 2.50. The lowest BCUT2D eigenvalue weighted by atomic mass is 9.88. The number of nitrogens with one attached hydrogen (secondary N) is 1. The minimum Gasteiger partial charge on any atom is -0.369 e. The summed E-state index contributed by atoms with van der Waals surface area (Å²) in [6.07, 6.45) is -0.869. The molecular formula is C10H11F3N2O2. The van der Waals surface area contributed by atoms with Gasteiger partial charge in [-0.2, -0.15) is 13.2 Å². The average molecular weight is 248 g/mol. The Morgan fingerprint density at radius 3 is 2.35 bits per heavy atom. The third kappa shape index (κ3) is 2.01. The summed E-state index contributed by atoms with van der Waals surface area (Å²) in [6, 6.07) is -0.836. The zero-order valence-electron chi connectivity index (χ0n) is 8.70. The number of alkyl halides is 3. The molecule has 2 amide bonds. The molecule has 94 valence electrons. The van der Waals surface area contributed by atoms with Gasteiger partial charge in [0.1, 0.15) is 0 Å². The second kappa shape index (κ2) is 3.75. The fourth-order valence-electron chi connectivity index (χ4n) is 2.64. The largest absolute Gasteiger partial charge is 0.471 e. The molecule has 7 heteroatoms. The van der Waals surface area contributed by atoms with E-state index in [-0.39, 0.29) is 11.8 Å². The lowest BCUT2D eigenvalue weighted by Crippen LogP contribution is -2.51. The van der Waals surface area contributed by atoms with Crippen molar-refractivity contribution in [3.63, 3.8) is 0 Å². The number of nitrogens with two attached hydrogens (primary N) is 1. The third-order valence-electron chi connectivity index (χ3n) is 3.34. The van der Waals surface area contributed by atoms with E-state index in [9.17, 15) is 22.8 Å². The van der Waals surface area contributed by atoms with Crippen molar-refractivity contribution in [2.75, 3.05) is 0 Å². The van der Waals surface area contributed by atoms with Crippen LogP contribution in [0.1, 0.15) is 6.42 Å². The molecule has 0 aromatic carbocycles. The van der Waals surface area contributed by atoms with Crippen molar-refractivity contribution >= 4 is 11.8 Å². The van der Waals surface area contributed by atoms with Gasteiger partial charge in [0, 0.05) is 6.04 Å². The molecule has 0 aromatic heterocycles. The van der Waals surface area contributed by atoms with Crippen molar-refractivity contribution in [1.82, 2.24) is 5.32 Å². The van der Waals surface area contributed by atoms with Gasteiger partial charge >= 0.3 is 12.1 Å². The fraction of sp³-hybridized carbons (Fsp3) is 0.600. The molecule has 4 atom stereocenters. The van der Waals surface area contributed by atoms with Crippen LogP contribution < -0.4 is 11.1 Å². The van der Waals surface area contributed by atoms with Crippen LogP contribution in [0, 0.1) is 17.8 Å². The second-order valence-corrected chi connectivity index (χ2v) is 4.37. The van der Waals surface area contributed by atoms with Crippen molar-refractivity contribution < 1.29 is 22.8 Å². The van der Waals surface area contributed by atoms with Crippen LogP contribution in [0.5, 0.6) is 0 Å². The Bertz CT molecular complexity index is 392. The van der Waals surface area contributed by atoms with Gasteiger partial charge in [0.25, 0.3) is 0 Å². The number of carbonyl (C=O) groups excluding carboxylic acids is 2. The standard InChI is InChI=1S/C10H11F3N2O2/c11-10(12,13)9(17)15-7-5-2-1-4(3-5)6(7)8(14)16/h1-2,4-7H,3H2,(H2,14,16)(H,15,17)/t4-,5+,6?,7?/m1/s1. The molecule has 0 spiro atoms. The minimum atomic E-state index is -4.94. The molecule has 0 aromatic rings. The summed E-state index contributed by atoms with van der Waals surface area (Å²) in [4.78, 5) is 22.0. The Hall–Kier alpha value is -1.53. The zero-order valence-corrected chi connectivity index (χ0v) is 8.70. The number of primary amides is 1. The van der Waals surface area contributed by atoms with E-state index in [0.29, 0.717) is 6.42 Å². The summed E-state index contributed by atoms with van der Waals surface area (Å²) < 4.78 is 36.4. The Labute approximate surface area is 95.0 Å². The molecule has 2 aliphatic rings. The van der Waals surface area contributed by atoms with Crippen molar-refractivity contribution in [2.45, 2.75) is 18.6 Å². The van der Waals surface area contributed by atoms with E-state index in [1.165, 1.54) is 0 Å². The summed E-state index contributed by atoms with van der Waals surface area (Å²) in [5.41, 5.74) is 5.15. The molecule has 0 aliphatic heterocycles. The van der Waals surface area contributed by atoms with E-state index in [2.05, 4.69) is 0 Å². The molecule has 0 heterocycles. The van der Waals surface area contributed by atoms with Crippen LogP contribution in [0.15, 0.2) is 12.2 Å². The molecule has 4 nitrogen and oxygen atoms in total. The van der Waals surface area contributed by atoms with Crippen LogP contribution in [0.3, 0.4) is 0 Å². The van der Waals surface area contributed by atoms with E-state index in [4.69, 9.17) is 5.73 Å². The Kier molecular flexibility index (Phi) is 2.63. The highest BCUT2D eigenvalue weighted by atomic mass is 19.4. The first-order chi connectivity index (χ1) is 7.80. The number of amides is 2. The van der Waals surface area contributed by atoms with Gasteiger partial charge in [0.15, 0.2) is 0 Å². The maximum Gasteiger partial charge on any atom is 0.471 e. The highest BCUT2D eigenvalue weighted by molar-refractivity contribution is 5.84. The first-order valence-electron chi connectivity index (χ1n) is 5.16. The quantitative estimate of drug-likeness (QED) is 0.692. The van der Waals surface area contributed by atoms with E-state index in [1.54, 1.807) is 12.2 Å². The Balaban J connectivity index is 2.13.